The van der Waals surface area contributed by atoms with Crippen LogP contribution in [0.1, 0.15) is 55.5 Å². The van der Waals surface area contributed by atoms with Crippen LogP contribution in [0, 0.1) is 19.8 Å². The van der Waals surface area contributed by atoms with Crippen molar-refractivity contribution in [2.45, 2.75) is 47.6 Å². The lowest BCUT2D eigenvalue weighted by molar-refractivity contribution is -0.137. The number of aromatic nitrogens is 1. The van der Waals surface area contributed by atoms with Gasteiger partial charge in [-0.2, -0.15) is 0 Å². The molecule has 1 rings (SSSR count). The largest absolute Gasteiger partial charge is 0.480 e. The van der Waals surface area contributed by atoms with E-state index in [1.165, 1.54) is 4.90 Å². The van der Waals surface area contributed by atoms with Gasteiger partial charge in [0, 0.05) is 24.0 Å². The zero-order valence-corrected chi connectivity index (χ0v) is 13.8. The first-order valence-electron chi connectivity index (χ1n) is 7.34. The van der Waals surface area contributed by atoms with E-state index in [4.69, 9.17) is 5.11 Å². The summed E-state index contributed by atoms with van der Waals surface area (Å²) in [4.78, 5) is 25.1. The summed E-state index contributed by atoms with van der Waals surface area (Å²) in [7, 11) is 0. The molecule has 0 saturated heterocycles. The van der Waals surface area contributed by atoms with Gasteiger partial charge >= 0.3 is 5.97 Å². The molecule has 0 fully saturated rings. The number of nitrogens with zero attached hydrogens (tertiary/aromatic N) is 2. The zero-order chi connectivity index (χ0) is 16.3. The number of hydrogen-bond acceptors (Lipinski definition) is 2. The molecule has 0 unspecified atom stereocenters. The fourth-order valence-corrected chi connectivity index (χ4v) is 2.78. The lowest BCUT2D eigenvalue weighted by atomic mass is 10.1. The average molecular weight is 294 g/mol. The maximum Gasteiger partial charge on any atom is 0.323 e. The quantitative estimate of drug-likeness (QED) is 0.877. The molecule has 0 aliphatic carbocycles. The minimum absolute atomic E-state index is 0.203. The smallest absolute Gasteiger partial charge is 0.323 e. The molecule has 0 aromatic carbocycles. The van der Waals surface area contributed by atoms with Gasteiger partial charge in [-0.25, -0.2) is 0 Å². The van der Waals surface area contributed by atoms with Crippen molar-refractivity contribution in [3.05, 3.63) is 23.0 Å². The second-order valence-electron chi connectivity index (χ2n) is 6.22. The number of amides is 1. The Morgan fingerprint density at radius 1 is 1.24 bits per heavy atom. The van der Waals surface area contributed by atoms with Crippen molar-refractivity contribution in [3.63, 3.8) is 0 Å². The third-order valence-electron chi connectivity index (χ3n) is 3.43. The number of rotatable bonds is 6. The van der Waals surface area contributed by atoms with Crippen LogP contribution in [-0.4, -0.2) is 39.5 Å². The normalized spacial score (nSPS) is 11.2. The van der Waals surface area contributed by atoms with Crippen LogP contribution < -0.4 is 0 Å². The van der Waals surface area contributed by atoms with Gasteiger partial charge in [0.15, 0.2) is 0 Å². The number of carbonyl (C=O) groups is 2. The standard InChI is InChI=1S/C16H26N2O3/c1-10(2)8-17(9-15(19)20)16(21)14-7-12(5)18(11(3)4)13(14)6/h7,10-11H,8-9H2,1-6H3,(H,19,20). The Labute approximate surface area is 126 Å². The molecule has 0 saturated carbocycles. The Balaban J connectivity index is 3.14. The molecular weight excluding hydrogens is 268 g/mol. The Morgan fingerprint density at radius 3 is 2.19 bits per heavy atom. The average Bonchev–Trinajstić information content (AvgIpc) is 2.61. The van der Waals surface area contributed by atoms with Crippen molar-refractivity contribution in [3.8, 4) is 0 Å². The molecule has 0 radical (unpaired) electrons. The van der Waals surface area contributed by atoms with Crippen LogP contribution in [0.3, 0.4) is 0 Å². The SMILES string of the molecule is Cc1cc(C(=O)N(CC(=O)O)CC(C)C)c(C)n1C(C)C. The minimum Gasteiger partial charge on any atom is -0.480 e. The predicted octanol–water partition coefficient (Wildman–Crippen LogP) is 2.87. The molecule has 5 heteroatoms. The molecule has 21 heavy (non-hydrogen) atoms. The Kier molecular flexibility index (Phi) is 5.58. The minimum atomic E-state index is -0.985. The van der Waals surface area contributed by atoms with Gasteiger partial charge in [0.2, 0.25) is 0 Å². The number of aliphatic carboxylic acids is 1. The lowest BCUT2D eigenvalue weighted by Gasteiger charge is -2.23. The predicted molar refractivity (Wildman–Crippen MR) is 82.7 cm³/mol. The second-order valence-corrected chi connectivity index (χ2v) is 6.22. The fraction of sp³-hybridized carbons (Fsp3) is 0.625. The van der Waals surface area contributed by atoms with E-state index < -0.39 is 5.97 Å². The van der Waals surface area contributed by atoms with E-state index in [2.05, 4.69) is 18.4 Å². The summed E-state index contributed by atoms with van der Waals surface area (Å²) in [5, 5.41) is 9.01. The highest BCUT2D eigenvalue weighted by Crippen LogP contribution is 2.21. The van der Waals surface area contributed by atoms with Crippen LogP contribution in [0.4, 0.5) is 0 Å². The molecule has 1 heterocycles. The first kappa shape index (κ1) is 17.3. The van der Waals surface area contributed by atoms with Gasteiger partial charge in [0.05, 0.1) is 5.56 Å². The molecular formula is C16H26N2O3. The van der Waals surface area contributed by atoms with Crippen LogP contribution in [-0.2, 0) is 4.79 Å². The van der Waals surface area contributed by atoms with Gasteiger partial charge in [-0.1, -0.05) is 13.8 Å². The van der Waals surface area contributed by atoms with Gasteiger partial charge in [-0.15, -0.1) is 0 Å². The number of carbonyl (C=O) groups excluding carboxylic acids is 1. The molecule has 118 valence electrons. The van der Waals surface area contributed by atoms with E-state index in [1.54, 1.807) is 0 Å². The molecule has 0 aliphatic rings. The van der Waals surface area contributed by atoms with Crippen molar-refractivity contribution < 1.29 is 14.7 Å². The molecule has 0 spiro atoms. The van der Waals surface area contributed by atoms with Gasteiger partial charge in [-0.05, 0) is 39.7 Å². The molecule has 1 amide bonds. The number of hydrogen-bond donors (Lipinski definition) is 1. The zero-order valence-electron chi connectivity index (χ0n) is 13.8. The lowest BCUT2D eigenvalue weighted by Crippen LogP contribution is -2.38. The van der Waals surface area contributed by atoms with Gasteiger partial charge in [0.25, 0.3) is 5.91 Å². The van der Waals surface area contributed by atoms with Crippen LogP contribution >= 0.6 is 0 Å². The van der Waals surface area contributed by atoms with Crippen LogP contribution in [0.5, 0.6) is 0 Å². The highest BCUT2D eigenvalue weighted by molar-refractivity contribution is 5.97. The summed E-state index contributed by atoms with van der Waals surface area (Å²) in [5.41, 5.74) is 2.51. The van der Waals surface area contributed by atoms with Crippen molar-refractivity contribution >= 4 is 11.9 Å². The summed E-state index contributed by atoms with van der Waals surface area (Å²) >= 11 is 0. The van der Waals surface area contributed by atoms with E-state index >= 15 is 0 Å². The monoisotopic (exact) mass is 294 g/mol. The number of carboxylic acid groups (broad SMARTS) is 1. The summed E-state index contributed by atoms with van der Waals surface area (Å²) in [5.74, 6) is -0.963. The van der Waals surface area contributed by atoms with Gasteiger partial charge in [-0.3, -0.25) is 9.59 Å². The van der Waals surface area contributed by atoms with Crippen molar-refractivity contribution in [1.82, 2.24) is 9.47 Å². The van der Waals surface area contributed by atoms with Crippen molar-refractivity contribution in [1.29, 1.82) is 0 Å². The molecule has 1 aromatic heterocycles. The summed E-state index contributed by atoms with van der Waals surface area (Å²) in [6, 6.07) is 2.12. The number of carboxylic acids is 1. The van der Waals surface area contributed by atoms with Crippen LogP contribution in [0.2, 0.25) is 0 Å². The number of aryl methyl sites for hydroxylation is 1. The molecule has 1 N–H and O–H groups in total. The summed E-state index contributed by atoms with van der Waals surface area (Å²) < 4.78 is 2.10. The second kappa shape index (κ2) is 6.78. The van der Waals surface area contributed by atoms with E-state index in [-0.39, 0.29) is 24.4 Å². The topological polar surface area (TPSA) is 62.5 Å². The molecule has 0 aliphatic heterocycles. The van der Waals surface area contributed by atoms with E-state index in [9.17, 15) is 9.59 Å². The van der Waals surface area contributed by atoms with Crippen LogP contribution in [0.25, 0.3) is 0 Å². The molecule has 0 bridgehead atoms. The Bertz CT molecular complexity index is 530. The Hall–Kier alpha value is -1.78. The van der Waals surface area contributed by atoms with Crippen molar-refractivity contribution in [2.24, 2.45) is 5.92 Å². The van der Waals surface area contributed by atoms with Gasteiger partial charge < -0.3 is 14.6 Å². The highest BCUT2D eigenvalue weighted by Gasteiger charge is 2.24. The Morgan fingerprint density at radius 2 is 1.81 bits per heavy atom. The van der Waals surface area contributed by atoms with E-state index in [0.29, 0.717) is 12.1 Å². The first-order valence-corrected chi connectivity index (χ1v) is 7.34. The van der Waals surface area contributed by atoms with Crippen LogP contribution in [0.15, 0.2) is 6.07 Å². The fourth-order valence-electron chi connectivity index (χ4n) is 2.78. The third kappa shape index (κ3) is 4.09. The first-order chi connectivity index (χ1) is 9.65. The molecule has 0 atom stereocenters. The molecule has 1 aromatic rings. The van der Waals surface area contributed by atoms with Crippen molar-refractivity contribution in [2.75, 3.05) is 13.1 Å². The van der Waals surface area contributed by atoms with E-state index in [1.807, 2.05) is 33.8 Å². The highest BCUT2D eigenvalue weighted by atomic mass is 16.4. The van der Waals surface area contributed by atoms with Gasteiger partial charge in [0.1, 0.15) is 6.54 Å². The summed E-state index contributed by atoms with van der Waals surface area (Å²) in [6.07, 6.45) is 0. The molecule has 5 nitrogen and oxygen atoms in total. The maximum absolute atomic E-state index is 12.7. The summed E-state index contributed by atoms with van der Waals surface area (Å²) in [6.45, 7) is 12.1. The maximum atomic E-state index is 12.7. The van der Waals surface area contributed by atoms with E-state index in [0.717, 1.165) is 11.4 Å². The third-order valence-corrected chi connectivity index (χ3v) is 3.43.